The van der Waals surface area contributed by atoms with Crippen LogP contribution in [0.2, 0.25) is 0 Å². The number of hydrogen-bond acceptors (Lipinski definition) is 4. The molecule has 0 radical (unpaired) electrons. The second-order valence-electron chi connectivity index (χ2n) is 7.51. The van der Waals surface area contributed by atoms with Crippen LogP contribution in [0.15, 0.2) is 59.1 Å². The van der Waals surface area contributed by atoms with Crippen molar-refractivity contribution in [1.82, 2.24) is 0 Å². The topological polar surface area (TPSA) is 71.3 Å². The summed E-state index contributed by atoms with van der Waals surface area (Å²) in [5.74, 6) is 0.600. The summed E-state index contributed by atoms with van der Waals surface area (Å²) in [5.41, 5.74) is 1.43. The molecule has 29 heavy (non-hydrogen) atoms. The number of benzene rings is 3. The van der Waals surface area contributed by atoms with Gasteiger partial charge in [-0.3, -0.25) is 5.32 Å². The Morgan fingerprint density at radius 1 is 1.10 bits per heavy atom. The Kier molecular flexibility index (Phi) is 6.09. The minimum absolute atomic E-state index is 0.378. The van der Waals surface area contributed by atoms with Crippen LogP contribution in [0.25, 0.3) is 10.8 Å². The maximum atomic E-state index is 12.3. The molecule has 0 aliphatic heterocycles. The van der Waals surface area contributed by atoms with Gasteiger partial charge in [-0.15, -0.1) is 0 Å². The molecule has 0 spiro atoms. The Hall–Kier alpha value is -3.04. The summed E-state index contributed by atoms with van der Waals surface area (Å²) in [7, 11) is 0. The predicted octanol–water partition coefficient (Wildman–Crippen LogP) is 6.40. The van der Waals surface area contributed by atoms with Crippen molar-refractivity contribution < 1.29 is 14.3 Å². The molecule has 1 amide bonds. The van der Waals surface area contributed by atoms with Gasteiger partial charge < -0.3 is 9.47 Å². The molecule has 0 saturated carbocycles. The SMILES string of the molecule is CC(C)(C)OC(=O)Nc1cc(OCc2ccccc2)c2ccc(C#N)cc2c1Br. The molecule has 3 rings (SSSR count). The van der Waals surface area contributed by atoms with Crippen LogP contribution >= 0.6 is 15.9 Å². The van der Waals surface area contributed by atoms with E-state index in [0.717, 1.165) is 16.3 Å². The third-order valence-electron chi connectivity index (χ3n) is 4.04. The standard InChI is InChI=1S/C23H21BrN2O3/c1-23(2,3)29-22(27)26-19-12-20(28-14-15-7-5-4-6-8-15)17-10-9-16(13-25)11-18(17)21(19)24/h4-12H,14H2,1-3H3,(H,26,27). The zero-order valence-corrected chi connectivity index (χ0v) is 18.0. The number of nitriles is 1. The van der Waals surface area contributed by atoms with Crippen molar-refractivity contribution in [1.29, 1.82) is 5.26 Å². The van der Waals surface area contributed by atoms with Crippen molar-refractivity contribution >= 4 is 38.5 Å². The van der Waals surface area contributed by atoms with Crippen LogP contribution in [-0.2, 0) is 11.3 Å². The van der Waals surface area contributed by atoms with E-state index in [2.05, 4.69) is 27.3 Å². The molecule has 0 bridgehead atoms. The number of carbonyl (C=O) groups is 1. The van der Waals surface area contributed by atoms with Crippen molar-refractivity contribution in [2.45, 2.75) is 33.0 Å². The summed E-state index contributed by atoms with van der Waals surface area (Å²) in [6.45, 7) is 5.78. The molecule has 148 valence electrons. The summed E-state index contributed by atoms with van der Waals surface area (Å²) < 4.78 is 12.1. The first-order valence-corrected chi connectivity index (χ1v) is 9.89. The van der Waals surface area contributed by atoms with Crippen LogP contribution in [0.5, 0.6) is 5.75 Å². The normalized spacial score (nSPS) is 11.0. The van der Waals surface area contributed by atoms with Crippen LogP contribution in [0.3, 0.4) is 0 Å². The molecule has 3 aromatic rings. The first-order valence-electron chi connectivity index (χ1n) is 9.10. The van der Waals surface area contributed by atoms with Gasteiger partial charge in [-0.05, 0) is 60.5 Å². The lowest BCUT2D eigenvalue weighted by Crippen LogP contribution is -2.27. The van der Waals surface area contributed by atoms with E-state index in [1.165, 1.54) is 0 Å². The second kappa shape index (κ2) is 8.54. The van der Waals surface area contributed by atoms with E-state index in [4.69, 9.17) is 9.47 Å². The molecule has 0 aliphatic carbocycles. The lowest BCUT2D eigenvalue weighted by molar-refractivity contribution is 0.0636. The van der Waals surface area contributed by atoms with Crippen molar-refractivity contribution in [3.05, 3.63) is 70.2 Å². The molecule has 0 heterocycles. The highest BCUT2D eigenvalue weighted by Gasteiger charge is 2.19. The first-order chi connectivity index (χ1) is 13.8. The smallest absolute Gasteiger partial charge is 0.412 e. The Bertz CT molecular complexity index is 1080. The van der Waals surface area contributed by atoms with E-state index in [1.807, 2.05) is 36.4 Å². The third kappa shape index (κ3) is 5.27. The number of amides is 1. The number of ether oxygens (including phenoxy) is 2. The van der Waals surface area contributed by atoms with Gasteiger partial charge in [0.15, 0.2) is 0 Å². The zero-order valence-electron chi connectivity index (χ0n) is 16.5. The predicted molar refractivity (Wildman–Crippen MR) is 117 cm³/mol. The molecule has 5 nitrogen and oxygen atoms in total. The monoisotopic (exact) mass is 452 g/mol. The van der Waals surface area contributed by atoms with E-state index in [0.29, 0.717) is 28.1 Å². The van der Waals surface area contributed by atoms with E-state index in [1.54, 1.807) is 39.0 Å². The maximum Gasteiger partial charge on any atom is 0.412 e. The van der Waals surface area contributed by atoms with Gasteiger partial charge >= 0.3 is 6.09 Å². The first kappa shape index (κ1) is 20.7. The number of anilines is 1. The van der Waals surface area contributed by atoms with Gasteiger partial charge in [-0.25, -0.2) is 4.79 Å². The fourth-order valence-corrected chi connectivity index (χ4v) is 3.33. The molecule has 0 atom stereocenters. The van der Waals surface area contributed by atoms with Gasteiger partial charge in [-0.2, -0.15) is 5.26 Å². The lowest BCUT2D eigenvalue weighted by atomic mass is 10.1. The summed E-state index contributed by atoms with van der Waals surface area (Å²) in [4.78, 5) is 12.3. The van der Waals surface area contributed by atoms with Crippen molar-refractivity contribution in [2.75, 3.05) is 5.32 Å². The van der Waals surface area contributed by atoms with E-state index >= 15 is 0 Å². The molecule has 0 unspecified atom stereocenters. The fraction of sp³-hybridized carbons (Fsp3) is 0.217. The molecule has 0 saturated heterocycles. The quantitative estimate of drug-likeness (QED) is 0.496. The lowest BCUT2D eigenvalue weighted by Gasteiger charge is -2.21. The molecule has 1 N–H and O–H groups in total. The minimum Gasteiger partial charge on any atom is -0.488 e. The second-order valence-corrected chi connectivity index (χ2v) is 8.30. The number of fused-ring (bicyclic) bond motifs is 1. The van der Waals surface area contributed by atoms with Gasteiger partial charge in [0.25, 0.3) is 0 Å². The number of nitrogens with zero attached hydrogens (tertiary/aromatic N) is 1. The van der Waals surface area contributed by atoms with E-state index in [9.17, 15) is 10.1 Å². The van der Waals surface area contributed by atoms with Crippen molar-refractivity contribution in [3.63, 3.8) is 0 Å². The summed E-state index contributed by atoms with van der Waals surface area (Å²) in [5, 5.41) is 13.6. The van der Waals surface area contributed by atoms with Gasteiger partial charge in [0, 0.05) is 21.3 Å². The zero-order chi connectivity index (χ0) is 21.0. The number of hydrogen-bond donors (Lipinski definition) is 1. The number of nitrogens with one attached hydrogen (secondary N) is 1. The largest absolute Gasteiger partial charge is 0.488 e. The van der Waals surface area contributed by atoms with Gasteiger partial charge in [0.05, 0.1) is 17.3 Å². The van der Waals surface area contributed by atoms with E-state index < -0.39 is 11.7 Å². The third-order valence-corrected chi connectivity index (χ3v) is 4.89. The Morgan fingerprint density at radius 2 is 1.83 bits per heavy atom. The molecule has 0 fully saturated rings. The Morgan fingerprint density at radius 3 is 2.48 bits per heavy atom. The molecule has 0 aromatic heterocycles. The number of carbonyl (C=O) groups excluding carboxylic acids is 1. The highest BCUT2D eigenvalue weighted by atomic mass is 79.9. The van der Waals surface area contributed by atoms with Crippen LogP contribution in [0, 0.1) is 11.3 Å². The van der Waals surface area contributed by atoms with Crippen LogP contribution in [0.1, 0.15) is 31.9 Å². The molecular formula is C23H21BrN2O3. The molecule has 0 aliphatic rings. The average Bonchev–Trinajstić information content (AvgIpc) is 2.68. The fourth-order valence-electron chi connectivity index (χ4n) is 2.79. The molecule has 6 heteroatoms. The Balaban J connectivity index is 2.00. The molecular weight excluding hydrogens is 432 g/mol. The molecule has 3 aromatic carbocycles. The van der Waals surface area contributed by atoms with Gasteiger partial charge in [0.2, 0.25) is 0 Å². The van der Waals surface area contributed by atoms with Gasteiger partial charge in [-0.1, -0.05) is 30.3 Å². The van der Waals surface area contributed by atoms with Crippen LogP contribution in [-0.4, -0.2) is 11.7 Å². The van der Waals surface area contributed by atoms with Crippen LogP contribution in [0.4, 0.5) is 10.5 Å². The average molecular weight is 453 g/mol. The van der Waals surface area contributed by atoms with Crippen molar-refractivity contribution in [3.8, 4) is 11.8 Å². The summed E-state index contributed by atoms with van der Waals surface area (Å²) >= 11 is 3.55. The van der Waals surface area contributed by atoms with Gasteiger partial charge in [0.1, 0.15) is 18.0 Å². The Labute approximate surface area is 178 Å². The summed E-state index contributed by atoms with van der Waals surface area (Å²) in [6.07, 6.45) is -0.567. The number of halogens is 1. The van der Waals surface area contributed by atoms with E-state index in [-0.39, 0.29) is 0 Å². The highest BCUT2D eigenvalue weighted by Crippen LogP contribution is 2.39. The maximum absolute atomic E-state index is 12.3. The van der Waals surface area contributed by atoms with Crippen LogP contribution < -0.4 is 10.1 Å². The van der Waals surface area contributed by atoms with Crippen molar-refractivity contribution in [2.24, 2.45) is 0 Å². The highest BCUT2D eigenvalue weighted by molar-refractivity contribution is 9.10. The minimum atomic E-state index is -0.617. The number of rotatable bonds is 4. The summed E-state index contributed by atoms with van der Waals surface area (Å²) in [6, 6.07) is 19.1.